The van der Waals surface area contributed by atoms with Crippen LogP contribution in [0.15, 0.2) is 18.5 Å². The van der Waals surface area contributed by atoms with Crippen LogP contribution in [0.3, 0.4) is 0 Å². The van der Waals surface area contributed by atoms with Crippen LogP contribution in [-0.2, 0) is 4.74 Å². The summed E-state index contributed by atoms with van der Waals surface area (Å²) in [6, 6.07) is 1.81. The number of aromatic amines is 1. The Hall–Kier alpha value is -1.54. The summed E-state index contributed by atoms with van der Waals surface area (Å²) in [6.07, 6.45) is 0.0961. The molecule has 0 aromatic carbocycles. The summed E-state index contributed by atoms with van der Waals surface area (Å²) < 4.78 is 5.56. The van der Waals surface area contributed by atoms with E-state index in [4.69, 9.17) is 4.74 Å². The highest BCUT2D eigenvalue weighted by Gasteiger charge is 2.52. The molecule has 19 heavy (non-hydrogen) atoms. The summed E-state index contributed by atoms with van der Waals surface area (Å²) >= 11 is 0. The van der Waals surface area contributed by atoms with Crippen molar-refractivity contribution in [1.82, 2.24) is 15.0 Å². The molecule has 0 amide bonds. The van der Waals surface area contributed by atoms with E-state index in [1.807, 2.05) is 0 Å². The van der Waals surface area contributed by atoms with Gasteiger partial charge in [-0.15, -0.1) is 0 Å². The Labute approximate surface area is 109 Å². The van der Waals surface area contributed by atoms with Gasteiger partial charge in [0, 0.05) is 18.0 Å². The smallest absolute Gasteiger partial charge is 0.144 e. The fraction of sp³-hybridized carbons (Fsp3) is 0.500. The van der Waals surface area contributed by atoms with E-state index in [9.17, 15) is 15.3 Å². The average molecular weight is 265 g/mol. The molecule has 4 N–H and O–H groups in total. The Balaban J connectivity index is 1.96. The van der Waals surface area contributed by atoms with Gasteiger partial charge in [0.05, 0.1) is 6.61 Å². The quantitative estimate of drug-likeness (QED) is 0.580. The van der Waals surface area contributed by atoms with Crippen molar-refractivity contribution in [1.29, 1.82) is 0 Å². The Morgan fingerprint density at radius 2 is 2.21 bits per heavy atom. The highest BCUT2D eigenvalue weighted by molar-refractivity contribution is 5.54. The molecule has 3 heterocycles. The third-order valence-electron chi connectivity index (χ3n) is 3.56. The number of fused-ring (bicyclic) bond motifs is 1. The van der Waals surface area contributed by atoms with Crippen LogP contribution in [0.2, 0.25) is 0 Å². The predicted molar refractivity (Wildman–Crippen MR) is 64.3 cm³/mol. The van der Waals surface area contributed by atoms with E-state index < -0.39 is 30.5 Å². The summed E-state index contributed by atoms with van der Waals surface area (Å²) in [5, 5.41) is 29.2. The van der Waals surface area contributed by atoms with E-state index >= 15 is 0 Å². The lowest BCUT2D eigenvalue weighted by molar-refractivity contribution is -0.101. The van der Waals surface area contributed by atoms with Crippen LogP contribution in [0.5, 0.6) is 0 Å². The zero-order valence-electron chi connectivity index (χ0n) is 10.3. The van der Waals surface area contributed by atoms with Crippen molar-refractivity contribution >= 4 is 0 Å². The van der Waals surface area contributed by atoms with Gasteiger partial charge in [0.15, 0.2) is 0 Å². The number of aliphatic hydroxyl groups excluding tert-OH is 3. The molecule has 102 valence electrons. The molecule has 3 aliphatic heterocycles. The summed E-state index contributed by atoms with van der Waals surface area (Å²) in [4.78, 5) is 11.2. The minimum atomic E-state index is -1.20. The van der Waals surface area contributed by atoms with Crippen molar-refractivity contribution in [3.05, 3.63) is 24.3 Å². The van der Waals surface area contributed by atoms with Gasteiger partial charge in [0.1, 0.15) is 35.6 Å². The predicted octanol–water partition coefficient (Wildman–Crippen LogP) is -0.546. The van der Waals surface area contributed by atoms with Crippen LogP contribution in [0.1, 0.15) is 18.9 Å². The van der Waals surface area contributed by atoms with Gasteiger partial charge in [-0.1, -0.05) is 0 Å². The molecule has 1 fully saturated rings. The van der Waals surface area contributed by atoms with Crippen LogP contribution in [0.25, 0.3) is 11.4 Å². The minimum absolute atomic E-state index is 0.370. The van der Waals surface area contributed by atoms with Gasteiger partial charge in [0.25, 0.3) is 0 Å². The lowest BCUT2D eigenvalue weighted by Gasteiger charge is -2.24. The first-order valence-electron chi connectivity index (χ1n) is 5.99. The van der Waals surface area contributed by atoms with Crippen molar-refractivity contribution in [3.63, 3.8) is 0 Å². The molecular weight excluding hydrogens is 250 g/mol. The first-order chi connectivity index (χ1) is 9.05. The lowest BCUT2D eigenvalue weighted by Crippen LogP contribution is -2.43. The third-order valence-corrected chi connectivity index (χ3v) is 3.56. The second kappa shape index (κ2) is 4.24. The van der Waals surface area contributed by atoms with Gasteiger partial charge >= 0.3 is 0 Å². The standard InChI is InChI=1S/C12H15N3O4/c1-12(5-16)9(18)7(17)8(19-12)11-14-4-6-2-3-13-10(6)15-11/h2-4,7-9,16-18H,5H2,1H3,(H,13,14,15)/t7-,8+,9-,12+/m0/s1. The number of nitrogens with zero attached hydrogens (tertiary/aromatic N) is 2. The molecule has 7 heteroatoms. The maximum Gasteiger partial charge on any atom is 0.144 e. The fourth-order valence-corrected chi connectivity index (χ4v) is 2.30. The molecule has 4 atom stereocenters. The van der Waals surface area contributed by atoms with Crippen LogP contribution in [0.4, 0.5) is 0 Å². The molecule has 3 aliphatic rings. The van der Waals surface area contributed by atoms with E-state index in [0.29, 0.717) is 11.6 Å². The molecule has 0 bridgehead atoms. The largest absolute Gasteiger partial charge is 0.393 e. The Bertz CT molecular complexity index is 560. The summed E-state index contributed by atoms with van der Waals surface area (Å²) in [5.74, 6) is 1.00. The highest BCUT2D eigenvalue weighted by atomic mass is 16.6. The van der Waals surface area contributed by atoms with Crippen LogP contribution >= 0.6 is 0 Å². The number of aromatic nitrogens is 3. The number of aliphatic hydroxyl groups is 3. The first kappa shape index (κ1) is 12.5. The molecule has 0 saturated carbocycles. The molecule has 1 saturated heterocycles. The van der Waals surface area contributed by atoms with Crippen molar-refractivity contribution in [2.75, 3.05) is 6.61 Å². The minimum Gasteiger partial charge on any atom is -0.393 e. The van der Waals surface area contributed by atoms with Gasteiger partial charge in [-0.2, -0.15) is 0 Å². The number of rotatable bonds is 2. The fourth-order valence-electron chi connectivity index (χ4n) is 2.30. The van der Waals surface area contributed by atoms with Crippen molar-refractivity contribution in [3.8, 4) is 11.4 Å². The van der Waals surface area contributed by atoms with Gasteiger partial charge < -0.3 is 25.0 Å². The van der Waals surface area contributed by atoms with E-state index in [0.717, 1.165) is 5.56 Å². The monoisotopic (exact) mass is 265 g/mol. The molecule has 3 rings (SSSR count). The van der Waals surface area contributed by atoms with Crippen LogP contribution in [-0.4, -0.2) is 54.7 Å². The van der Waals surface area contributed by atoms with Gasteiger partial charge in [-0.05, 0) is 13.0 Å². The summed E-state index contributed by atoms with van der Waals surface area (Å²) in [5.41, 5.74) is -0.352. The average Bonchev–Trinajstić information content (AvgIpc) is 2.97. The Morgan fingerprint density at radius 1 is 1.42 bits per heavy atom. The zero-order chi connectivity index (χ0) is 13.6. The molecule has 7 nitrogen and oxygen atoms in total. The van der Waals surface area contributed by atoms with E-state index in [2.05, 4.69) is 15.0 Å². The number of H-pyrrole nitrogens is 1. The van der Waals surface area contributed by atoms with E-state index in [1.54, 1.807) is 25.4 Å². The molecule has 0 aliphatic carbocycles. The van der Waals surface area contributed by atoms with Crippen molar-refractivity contribution < 1.29 is 20.1 Å². The Morgan fingerprint density at radius 3 is 2.89 bits per heavy atom. The van der Waals surface area contributed by atoms with Crippen molar-refractivity contribution in [2.24, 2.45) is 0 Å². The van der Waals surface area contributed by atoms with Gasteiger partial charge in [-0.3, -0.25) is 0 Å². The van der Waals surface area contributed by atoms with Crippen LogP contribution in [0, 0.1) is 0 Å². The lowest BCUT2D eigenvalue weighted by atomic mass is 9.97. The third kappa shape index (κ3) is 1.82. The molecule has 0 spiro atoms. The topological polar surface area (TPSA) is 111 Å². The highest BCUT2D eigenvalue weighted by Crippen LogP contribution is 2.38. The number of nitrogens with one attached hydrogen (secondary N) is 1. The zero-order valence-corrected chi connectivity index (χ0v) is 10.3. The maximum absolute atomic E-state index is 10.0. The molecule has 0 radical (unpaired) electrons. The Kier molecular flexibility index (Phi) is 2.79. The maximum atomic E-state index is 10.0. The van der Waals surface area contributed by atoms with Crippen LogP contribution < -0.4 is 0 Å². The molecule has 0 aromatic rings. The normalized spacial score (nSPS) is 35.1. The van der Waals surface area contributed by atoms with E-state index in [-0.39, 0.29) is 0 Å². The van der Waals surface area contributed by atoms with E-state index in [1.165, 1.54) is 0 Å². The number of hydrogen-bond donors (Lipinski definition) is 4. The molecule has 0 unspecified atom stereocenters. The summed E-state index contributed by atoms with van der Waals surface area (Å²) in [7, 11) is 0. The second-order valence-electron chi connectivity index (χ2n) is 4.96. The van der Waals surface area contributed by atoms with Gasteiger partial charge in [-0.25, -0.2) is 9.97 Å². The SMILES string of the molecule is C[C@]1(CO)O[C@@H](c2ncc3ccnc-3[nH]2)[C@H](O)[C@@H]1O. The van der Waals surface area contributed by atoms with Crippen molar-refractivity contribution in [2.45, 2.75) is 30.8 Å². The first-order valence-corrected chi connectivity index (χ1v) is 5.99. The molecule has 0 aromatic heterocycles. The number of hydrogen-bond acceptors (Lipinski definition) is 6. The van der Waals surface area contributed by atoms with Gasteiger partial charge in [0.2, 0.25) is 0 Å². The number of ether oxygens (including phenoxy) is 1. The summed E-state index contributed by atoms with van der Waals surface area (Å²) in [6.45, 7) is 1.15. The second-order valence-corrected chi connectivity index (χ2v) is 4.96. The molecular formula is C12H15N3O4.